The highest BCUT2D eigenvalue weighted by atomic mass is 16.7. The molecule has 2 aromatic rings. The minimum absolute atomic E-state index is 0.0101. The van der Waals surface area contributed by atoms with Gasteiger partial charge in [0.25, 0.3) is 11.6 Å². The standard InChI is InChI=1S/C17H16N4O6/c1-10-13(3-2-4-14(10)21(24)25)17(23)27-20-16(19)11-5-7-12(8-6-11)26-9-15(18)22/h2-8H,9H2,1H3,(H2,18,22)(H2,19,20). The van der Waals surface area contributed by atoms with E-state index in [9.17, 15) is 19.7 Å². The fraction of sp³-hybridized carbons (Fsp3) is 0.118. The Bertz CT molecular complexity index is 908. The zero-order valence-electron chi connectivity index (χ0n) is 14.2. The molecule has 0 radical (unpaired) electrons. The Morgan fingerprint density at radius 2 is 1.81 bits per heavy atom. The average Bonchev–Trinajstić information content (AvgIpc) is 2.64. The number of nitro groups is 1. The first-order valence-corrected chi connectivity index (χ1v) is 7.60. The third-order valence-electron chi connectivity index (χ3n) is 3.48. The van der Waals surface area contributed by atoms with Gasteiger partial charge in [0.1, 0.15) is 5.75 Å². The quantitative estimate of drug-likeness (QED) is 0.243. The summed E-state index contributed by atoms with van der Waals surface area (Å²) in [4.78, 5) is 37.9. The molecule has 0 aliphatic heterocycles. The number of hydrogen-bond donors (Lipinski definition) is 2. The fourth-order valence-corrected chi connectivity index (χ4v) is 2.11. The molecule has 10 heteroatoms. The lowest BCUT2D eigenvalue weighted by atomic mass is 10.1. The molecular formula is C17H16N4O6. The van der Waals surface area contributed by atoms with Crippen LogP contribution in [0, 0.1) is 17.0 Å². The molecule has 27 heavy (non-hydrogen) atoms. The van der Waals surface area contributed by atoms with Crippen LogP contribution in [0.5, 0.6) is 5.75 Å². The number of ether oxygens (including phenoxy) is 1. The second kappa shape index (κ2) is 8.43. The van der Waals surface area contributed by atoms with Gasteiger partial charge in [-0.05, 0) is 37.3 Å². The highest BCUT2D eigenvalue weighted by Gasteiger charge is 2.19. The van der Waals surface area contributed by atoms with Crippen LogP contribution in [0.15, 0.2) is 47.6 Å². The SMILES string of the molecule is Cc1c(C(=O)O/N=C(\N)c2ccc(OCC(N)=O)cc2)cccc1[N+](=O)[O-]. The maximum atomic E-state index is 12.1. The molecule has 0 saturated heterocycles. The van der Waals surface area contributed by atoms with Crippen molar-refractivity contribution in [2.45, 2.75) is 6.92 Å². The Morgan fingerprint density at radius 3 is 2.41 bits per heavy atom. The summed E-state index contributed by atoms with van der Waals surface area (Å²) in [5, 5.41) is 14.5. The molecule has 1 amide bonds. The number of amidine groups is 1. The van der Waals surface area contributed by atoms with Crippen LogP contribution in [-0.4, -0.2) is 29.2 Å². The van der Waals surface area contributed by atoms with Gasteiger partial charge in [-0.15, -0.1) is 0 Å². The summed E-state index contributed by atoms with van der Waals surface area (Å²) >= 11 is 0. The Labute approximate surface area is 153 Å². The van der Waals surface area contributed by atoms with Gasteiger partial charge in [0.15, 0.2) is 12.4 Å². The number of nitrogens with two attached hydrogens (primary N) is 2. The molecule has 2 aromatic carbocycles. The van der Waals surface area contributed by atoms with Gasteiger partial charge in [-0.3, -0.25) is 14.9 Å². The van der Waals surface area contributed by atoms with Gasteiger partial charge in [-0.2, -0.15) is 0 Å². The van der Waals surface area contributed by atoms with Crippen LogP contribution in [0.2, 0.25) is 0 Å². The maximum Gasteiger partial charge on any atom is 0.366 e. The van der Waals surface area contributed by atoms with Gasteiger partial charge in [0, 0.05) is 17.2 Å². The molecule has 0 aromatic heterocycles. The zero-order chi connectivity index (χ0) is 20.0. The van der Waals surface area contributed by atoms with Crippen molar-refractivity contribution in [3.05, 3.63) is 69.3 Å². The van der Waals surface area contributed by atoms with Crippen LogP contribution < -0.4 is 16.2 Å². The molecule has 4 N–H and O–H groups in total. The van der Waals surface area contributed by atoms with E-state index in [4.69, 9.17) is 21.0 Å². The molecule has 0 spiro atoms. The molecule has 0 unspecified atom stereocenters. The number of carbonyl (C=O) groups excluding carboxylic acids is 2. The zero-order valence-corrected chi connectivity index (χ0v) is 14.2. The summed E-state index contributed by atoms with van der Waals surface area (Å²) < 4.78 is 5.11. The summed E-state index contributed by atoms with van der Waals surface area (Å²) in [5.41, 5.74) is 11.1. The number of oxime groups is 1. The molecule has 0 bridgehead atoms. The second-order valence-electron chi connectivity index (χ2n) is 5.34. The largest absolute Gasteiger partial charge is 0.484 e. The number of amides is 1. The van der Waals surface area contributed by atoms with Gasteiger partial charge in [0.05, 0.1) is 10.5 Å². The number of carbonyl (C=O) groups is 2. The van der Waals surface area contributed by atoms with Crippen molar-refractivity contribution in [3.8, 4) is 5.75 Å². The number of hydrogen-bond acceptors (Lipinski definition) is 7. The highest BCUT2D eigenvalue weighted by molar-refractivity contribution is 5.98. The first-order valence-electron chi connectivity index (χ1n) is 7.60. The number of primary amides is 1. The van der Waals surface area contributed by atoms with Gasteiger partial charge in [-0.25, -0.2) is 4.79 Å². The van der Waals surface area contributed by atoms with E-state index < -0.39 is 16.8 Å². The first kappa shape index (κ1) is 19.4. The van der Waals surface area contributed by atoms with E-state index in [0.29, 0.717) is 11.3 Å². The molecular weight excluding hydrogens is 356 g/mol. The van der Waals surface area contributed by atoms with Gasteiger partial charge < -0.3 is 21.0 Å². The summed E-state index contributed by atoms with van der Waals surface area (Å²) in [7, 11) is 0. The Balaban J connectivity index is 2.09. The van der Waals surface area contributed by atoms with Crippen LogP contribution in [0.3, 0.4) is 0 Å². The third-order valence-corrected chi connectivity index (χ3v) is 3.48. The Hall–Kier alpha value is -3.95. The lowest BCUT2D eigenvalue weighted by Crippen LogP contribution is -2.20. The average molecular weight is 372 g/mol. The molecule has 0 fully saturated rings. The summed E-state index contributed by atoms with van der Waals surface area (Å²) in [5.74, 6) is -1.17. The van der Waals surface area contributed by atoms with Gasteiger partial charge >= 0.3 is 5.97 Å². The predicted octanol–water partition coefficient (Wildman–Crippen LogP) is 1.24. The van der Waals surface area contributed by atoms with E-state index in [1.165, 1.54) is 37.3 Å². The highest BCUT2D eigenvalue weighted by Crippen LogP contribution is 2.21. The third kappa shape index (κ3) is 5.01. The van der Waals surface area contributed by atoms with Crippen molar-refractivity contribution in [2.24, 2.45) is 16.6 Å². The fourth-order valence-electron chi connectivity index (χ4n) is 2.11. The molecule has 0 atom stereocenters. The molecule has 0 aliphatic rings. The summed E-state index contributed by atoms with van der Waals surface area (Å²) in [6, 6.07) is 10.2. The Morgan fingerprint density at radius 1 is 1.15 bits per heavy atom. The topological polar surface area (TPSA) is 160 Å². The minimum Gasteiger partial charge on any atom is -0.484 e. The van der Waals surface area contributed by atoms with Crippen LogP contribution in [0.25, 0.3) is 0 Å². The number of rotatable bonds is 7. The van der Waals surface area contributed by atoms with E-state index >= 15 is 0 Å². The van der Waals surface area contributed by atoms with E-state index in [0.717, 1.165) is 0 Å². The number of benzene rings is 2. The Kier molecular flexibility index (Phi) is 6.05. The molecule has 10 nitrogen and oxygen atoms in total. The lowest BCUT2D eigenvalue weighted by molar-refractivity contribution is -0.385. The molecule has 140 valence electrons. The van der Waals surface area contributed by atoms with Crippen molar-refractivity contribution in [1.29, 1.82) is 0 Å². The summed E-state index contributed by atoms with van der Waals surface area (Å²) in [6.45, 7) is 1.18. The monoisotopic (exact) mass is 372 g/mol. The second-order valence-corrected chi connectivity index (χ2v) is 5.34. The van der Waals surface area contributed by atoms with Crippen LogP contribution in [-0.2, 0) is 9.63 Å². The number of nitrogens with zero attached hydrogens (tertiary/aromatic N) is 2. The van der Waals surface area contributed by atoms with Gasteiger partial charge in [-0.1, -0.05) is 11.2 Å². The van der Waals surface area contributed by atoms with Crippen molar-refractivity contribution in [1.82, 2.24) is 0 Å². The van der Waals surface area contributed by atoms with Crippen LogP contribution >= 0.6 is 0 Å². The number of nitro benzene ring substituents is 1. The van der Waals surface area contributed by atoms with E-state index in [1.54, 1.807) is 12.1 Å². The van der Waals surface area contributed by atoms with E-state index in [1.807, 2.05) is 0 Å². The lowest BCUT2D eigenvalue weighted by Gasteiger charge is -2.06. The van der Waals surface area contributed by atoms with Crippen molar-refractivity contribution >= 4 is 23.4 Å². The smallest absolute Gasteiger partial charge is 0.366 e. The van der Waals surface area contributed by atoms with Gasteiger partial charge in [0.2, 0.25) is 0 Å². The van der Waals surface area contributed by atoms with E-state index in [2.05, 4.69) is 5.16 Å². The summed E-state index contributed by atoms with van der Waals surface area (Å²) in [6.07, 6.45) is 0. The normalized spacial score (nSPS) is 10.9. The molecule has 0 aliphatic carbocycles. The van der Waals surface area contributed by atoms with Crippen molar-refractivity contribution in [3.63, 3.8) is 0 Å². The van der Waals surface area contributed by atoms with Crippen molar-refractivity contribution in [2.75, 3.05) is 6.61 Å². The van der Waals surface area contributed by atoms with Crippen LogP contribution in [0.4, 0.5) is 5.69 Å². The minimum atomic E-state index is -0.874. The predicted molar refractivity (Wildman–Crippen MR) is 95.1 cm³/mol. The molecule has 0 saturated carbocycles. The van der Waals surface area contributed by atoms with Crippen molar-refractivity contribution < 1.29 is 24.1 Å². The van der Waals surface area contributed by atoms with Crippen LogP contribution in [0.1, 0.15) is 21.5 Å². The molecule has 0 heterocycles. The first-order chi connectivity index (χ1) is 12.8. The molecule has 2 rings (SSSR count). The van der Waals surface area contributed by atoms with E-state index in [-0.39, 0.29) is 29.3 Å². The maximum absolute atomic E-state index is 12.1.